The minimum Gasteiger partial charge on any atom is -0.491 e. The van der Waals surface area contributed by atoms with Gasteiger partial charge in [-0.05, 0) is 45.6 Å². The largest absolute Gasteiger partial charge is 0.491 e. The summed E-state index contributed by atoms with van der Waals surface area (Å²) in [5.41, 5.74) is 0.362. The molecule has 2 atom stereocenters. The fourth-order valence-electron chi connectivity index (χ4n) is 4.16. The number of halogens is 1. The Morgan fingerprint density at radius 3 is 2.77 bits per heavy atom. The van der Waals surface area contributed by atoms with Crippen LogP contribution < -0.4 is 24.8 Å². The number of benzene rings is 1. The fourth-order valence-corrected chi connectivity index (χ4v) is 4.44. The van der Waals surface area contributed by atoms with Gasteiger partial charge in [-0.3, -0.25) is 4.79 Å². The summed E-state index contributed by atoms with van der Waals surface area (Å²) in [5, 5.41) is 6.56. The maximum atomic E-state index is 13.1. The van der Waals surface area contributed by atoms with Gasteiger partial charge in [0.15, 0.2) is 11.5 Å². The lowest BCUT2D eigenvalue weighted by molar-refractivity contribution is -0.0105. The van der Waals surface area contributed by atoms with Crippen LogP contribution in [0.3, 0.4) is 0 Å². The van der Waals surface area contributed by atoms with Gasteiger partial charge in [0.2, 0.25) is 5.75 Å². The van der Waals surface area contributed by atoms with Gasteiger partial charge in [-0.1, -0.05) is 11.6 Å². The van der Waals surface area contributed by atoms with Crippen molar-refractivity contribution in [3.05, 3.63) is 16.7 Å². The lowest BCUT2D eigenvalue weighted by atomic mass is 9.93. The maximum absolute atomic E-state index is 13.1. The molecule has 0 bridgehead atoms. The molecule has 0 aliphatic carbocycles. The van der Waals surface area contributed by atoms with Crippen molar-refractivity contribution in [2.24, 2.45) is 5.92 Å². The molecule has 2 N–H and O–H groups in total. The minimum absolute atomic E-state index is 0.0831. The number of rotatable bonds is 9. The molecule has 9 heteroatoms. The van der Waals surface area contributed by atoms with E-state index in [1.165, 1.54) is 7.11 Å². The third-order valence-electron chi connectivity index (χ3n) is 5.88. The quantitative estimate of drug-likeness (QED) is 0.552. The van der Waals surface area contributed by atoms with E-state index >= 15 is 0 Å². The molecular weight excluding hydrogens is 422 g/mol. The van der Waals surface area contributed by atoms with Crippen molar-refractivity contribution in [1.29, 1.82) is 0 Å². The number of nitrogens with one attached hydrogen (secondary N) is 2. The van der Waals surface area contributed by atoms with E-state index in [0.29, 0.717) is 47.6 Å². The standard InChI is InChI=1S/C22H34ClN3O5/c1-24-7-4-8-26-9-6-15(18(14-26)28-2)13-25-22(27)16-12-17(23)20(29-3)21-19(16)30-10-5-11-31-21/h12,15,18,24H,4-11,13-14H2,1-3H3,(H,25,27)/t15-,18?/m0/s1. The van der Waals surface area contributed by atoms with Gasteiger partial charge in [0, 0.05) is 32.5 Å². The molecule has 1 fully saturated rings. The number of nitrogens with zero attached hydrogens (tertiary/aromatic N) is 1. The molecule has 1 saturated heterocycles. The molecule has 0 spiro atoms. The van der Waals surface area contributed by atoms with Gasteiger partial charge in [0.05, 0.1) is 37.0 Å². The second-order valence-corrected chi connectivity index (χ2v) is 8.35. The highest BCUT2D eigenvalue weighted by Gasteiger charge is 2.31. The number of carbonyl (C=O) groups excluding carboxylic acids is 1. The Balaban J connectivity index is 1.65. The number of methoxy groups -OCH3 is 2. The van der Waals surface area contributed by atoms with Crippen LogP contribution in [0.15, 0.2) is 6.07 Å². The Kier molecular flexibility index (Phi) is 9.07. The Labute approximate surface area is 189 Å². The normalized spacial score (nSPS) is 21.4. The first-order valence-corrected chi connectivity index (χ1v) is 11.3. The molecular formula is C22H34ClN3O5. The van der Waals surface area contributed by atoms with Gasteiger partial charge in [-0.15, -0.1) is 0 Å². The van der Waals surface area contributed by atoms with Gasteiger partial charge in [-0.25, -0.2) is 0 Å². The van der Waals surface area contributed by atoms with Crippen LogP contribution in [0.4, 0.5) is 0 Å². The topological polar surface area (TPSA) is 81.3 Å². The Hall–Kier alpha value is -1.74. The smallest absolute Gasteiger partial charge is 0.255 e. The van der Waals surface area contributed by atoms with Crippen molar-refractivity contribution >= 4 is 17.5 Å². The highest BCUT2D eigenvalue weighted by atomic mass is 35.5. The lowest BCUT2D eigenvalue weighted by Crippen LogP contribution is -2.48. The number of likely N-dealkylation sites (tertiary alicyclic amines) is 1. The van der Waals surface area contributed by atoms with Crippen LogP contribution in [-0.4, -0.2) is 84.1 Å². The zero-order valence-corrected chi connectivity index (χ0v) is 19.4. The average molecular weight is 456 g/mol. The van der Waals surface area contributed by atoms with Crippen LogP contribution in [0.25, 0.3) is 0 Å². The third kappa shape index (κ3) is 5.94. The van der Waals surface area contributed by atoms with E-state index in [9.17, 15) is 4.79 Å². The minimum atomic E-state index is -0.238. The summed E-state index contributed by atoms with van der Waals surface area (Å²) in [5.74, 6) is 1.18. The van der Waals surface area contributed by atoms with E-state index in [2.05, 4.69) is 15.5 Å². The van der Waals surface area contributed by atoms with E-state index in [1.54, 1.807) is 13.2 Å². The summed E-state index contributed by atoms with van der Waals surface area (Å²) in [6.07, 6.45) is 2.89. The summed E-state index contributed by atoms with van der Waals surface area (Å²) in [7, 11) is 5.23. The molecule has 174 valence electrons. The molecule has 2 aliphatic rings. The van der Waals surface area contributed by atoms with Crippen molar-refractivity contribution in [3.63, 3.8) is 0 Å². The van der Waals surface area contributed by atoms with Crippen LogP contribution in [0, 0.1) is 5.92 Å². The van der Waals surface area contributed by atoms with E-state index in [-0.39, 0.29) is 17.9 Å². The molecule has 2 heterocycles. The highest BCUT2D eigenvalue weighted by Crippen LogP contribution is 2.46. The number of piperidine rings is 1. The van der Waals surface area contributed by atoms with Crippen LogP contribution in [-0.2, 0) is 4.74 Å². The second kappa shape index (κ2) is 11.8. The summed E-state index contributed by atoms with van der Waals surface area (Å²) in [6, 6.07) is 1.58. The zero-order valence-electron chi connectivity index (χ0n) is 18.7. The van der Waals surface area contributed by atoms with E-state index in [0.717, 1.165) is 45.4 Å². The lowest BCUT2D eigenvalue weighted by Gasteiger charge is -2.38. The van der Waals surface area contributed by atoms with E-state index in [4.69, 9.17) is 30.5 Å². The predicted molar refractivity (Wildman–Crippen MR) is 120 cm³/mol. The second-order valence-electron chi connectivity index (χ2n) is 7.94. The van der Waals surface area contributed by atoms with Crippen LogP contribution in [0.1, 0.15) is 29.6 Å². The molecule has 1 aromatic carbocycles. The maximum Gasteiger partial charge on any atom is 0.255 e. The molecule has 1 unspecified atom stereocenters. The van der Waals surface area contributed by atoms with Crippen molar-refractivity contribution in [3.8, 4) is 17.2 Å². The van der Waals surface area contributed by atoms with Gasteiger partial charge in [0.1, 0.15) is 0 Å². The van der Waals surface area contributed by atoms with Crippen molar-refractivity contribution in [2.45, 2.75) is 25.4 Å². The zero-order chi connectivity index (χ0) is 22.2. The van der Waals surface area contributed by atoms with Crippen molar-refractivity contribution in [1.82, 2.24) is 15.5 Å². The molecule has 1 aromatic rings. The first-order valence-electron chi connectivity index (χ1n) is 10.9. The number of amides is 1. The Morgan fingerprint density at radius 2 is 2.06 bits per heavy atom. The van der Waals surface area contributed by atoms with Crippen LogP contribution in [0.5, 0.6) is 17.2 Å². The predicted octanol–water partition coefficient (Wildman–Crippen LogP) is 2.19. The first-order chi connectivity index (χ1) is 15.1. The number of ether oxygens (including phenoxy) is 4. The van der Waals surface area contributed by atoms with Gasteiger partial charge in [-0.2, -0.15) is 0 Å². The SMILES string of the molecule is CNCCCN1CC[C@@H](CNC(=O)c2cc(Cl)c(OC)c3c2OCCCO3)C(OC)C1. The van der Waals surface area contributed by atoms with Crippen molar-refractivity contribution in [2.75, 3.05) is 67.2 Å². The molecule has 1 amide bonds. The molecule has 0 radical (unpaired) electrons. The third-order valence-corrected chi connectivity index (χ3v) is 6.16. The molecule has 0 aromatic heterocycles. The molecule has 31 heavy (non-hydrogen) atoms. The molecule has 2 aliphatic heterocycles. The molecule has 3 rings (SSSR count). The Morgan fingerprint density at radius 1 is 1.29 bits per heavy atom. The first kappa shape index (κ1) is 23.9. The number of hydrogen-bond donors (Lipinski definition) is 2. The monoisotopic (exact) mass is 455 g/mol. The summed E-state index contributed by atoms with van der Waals surface area (Å²) < 4.78 is 22.7. The van der Waals surface area contributed by atoms with Crippen LogP contribution in [0.2, 0.25) is 5.02 Å². The summed E-state index contributed by atoms with van der Waals surface area (Å²) in [4.78, 5) is 15.5. The van der Waals surface area contributed by atoms with Gasteiger partial charge in [0.25, 0.3) is 5.91 Å². The summed E-state index contributed by atoms with van der Waals surface area (Å²) in [6.45, 7) is 5.41. The molecule has 0 saturated carbocycles. The summed E-state index contributed by atoms with van der Waals surface area (Å²) >= 11 is 6.36. The average Bonchev–Trinajstić information content (AvgIpc) is 3.03. The fraction of sp³-hybridized carbons (Fsp3) is 0.682. The highest BCUT2D eigenvalue weighted by molar-refractivity contribution is 6.33. The number of hydrogen-bond acceptors (Lipinski definition) is 7. The molecule has 8 nitrogen and oxygen atoms in total. The number of carbonyl (C=O) groups is 1. The number of fused-ring (bicyclic) bond motifs is 1. The van der Waals surface area contributed by atoms with E-state index < -0.39 is 0 Å². The van der Waals surface area contributed by atoms with Crippen LogP contribution >= 0.6 is 11.6 Å². The van der Waals surface area contributed by atoms with Crippen molar-refractivity contribution < 1.29 is 23.7 Å². The Bertz CT molecular complexity index is 748. The van der Waals surface area contributed by atoms with E-state index in [1.807, 2.05) is 7.05 Å². The van der Waals surface area contributed by atoms with Gasteiger partial charge < -0.3 is 34.5 Å². The van der Waals surface area contributed by atoms with Gasteiger partial charge >= 0.3 is 0 Å².